The molecule has 16 heavy (non-hydrogen) atoms. The Hall–Kier alpha value is -1.23. The summed E-state index contributed by atoms with van der Waals surface area (Å²) in [5, 5.41) is 0. The number of nitrogens with zero attached hydrogens (tertiary/aromatic N) is 1. The van der Waals surface area contributed by atoms with Gasteiger partial charge in [-0.3, -0.25) is 0 Å². The SMILES string of the molecule is NCc1cccnc1OCC1CC(F)(F)C1. The first-order valence-electron chi connectivity index (χ1n) is 5.25. The molecule has 0 saturated heterocycles. The van der Waals surface area contributed by atoms with E-state index in [-0.39, 0.29) is 18.8 Å². The van der Waals surface area contributed by atoms with Gasteiger partial charge in [0.1, 0.15) is 0 Å². The Morgan fingerprint density at radius 2 is 2.25 bits per heavy atom. The highest BCUT2D eigenvalue weighted by atomic mass is 19.3. The predicted octanol–water partition coefficient (Wildman–Crippen LogP) is 1.96. The molecule has 0 aliphatic heterocycles. The Labute approximate surface area is 92.6 Å². The maximum Gasteiger partial charge on any atom is 0.248 e. The van der Waals surface area contributed by atoms with Gasteiger partial charge in [0, 0.05) is 37.1 Å². The van der Waals surface area contributed by atoms with Crippen LogP contribution in [0.25, 0.3) is 0 Å². The first-order valence-corrected chi connectivity index (χ1v) is 5.25. The Bertz CT molecular complexity index is 363. The fourth-order valence-electron chi connectivity index (χ4n) is 1.81. The van der Waals surface area contributed by atoms with Gasteiger partial charge in [-0.25, -0.2) is 13.8 Å². The fourth-order valence-corrected chi connectivity index (χ4v) is 1.81. The molecular formula is C11H14F2N2O. The lowest BCUT2D eigenvalue weighted by molar-refractivity contribution is -0.119. The lowest BCUT2D eigenvalue weighted by atomic mass is 9.82. The number of alkyl halides is 2. The van der Waals surface area contributed by atoms with Crippen molar-refractivity contribution >= 4 is 0 Å². The molecule has 0 atom stereocenters. The standard InChI is InChI=1S/C11H14F2N2O/c12-11(13)4-8(5-11)7-16-10-9(6-14)2-1-3-15-10/h1-3,8H,4-7,14H2. The molecular weight excluding hydrogens is 214 g/mol. The molecule has 0 spiro atoms. The molecule has 88 valence electrons. The minimum Gasteiger partial charge on any atom is -0.477 e. The summed E-state index contributed by atoms with van der Waals surface area (Å²) < 4.78 is 30.5. The van der Waals surface area contributed by atoms with Crippen LogP contribution in [0.4, 0.5) is 8.78 Å². The van der Waals surface area contributed by atoms with Crippen LogP contribution in [0.15, 0.2) is 18.3 Å². The number of nitrogens with two attached hydrogens (primary N) is 1. The van der Waals surface area contributed by atoms with Crippen LogP contribution in [0.3, 0.4) is 0 Å². The molecule has 0 unspecified atom stereocenters. The van der Waals surface area contributed by atoms with E-state index in [1.165, 1.54) is 0 Å². The van der Waals surface area contributed by atoms with Crippen molar-refractivity contribution in [3.63, 3.8) is 0 Å². The Kier molecular flexibility index (Phi) is 3.05. The van der Waals surface area contributed by atoms with Gasteiger partial charge in [-0.2, -0.15) is 0 Å². The monoisotopic (exact) mass is 228 g/mol. The molecule has 1 fully saturated rings. The average Bonchev–Trinajstić information content (AvgIpc) is 2.23. The Morgan fingerprint density at radius 1 is 1.50 bits per heavy atom. The number of rotatable bonds is 4. The summed E-state index contributed by atoms with van der Waals surface area (Å²) in [5.41, 5.74) is 6.31. The van der Waals surface area contributed by atoms with Crippen LogP contribution >= 0.6 is 0 Å². The lowest BCUT2D eigenvalue weighted by Gasteiger charge is -2.34. The van der Waals surface area contributed by atoms with Crippen LogP contribution in [0, 0.1) is 5.92 Å². The van der Waals surface area contributed by atoms with E-state index in [0.717, 1.165) is 5.56 Å². The molecule has 3 nitrogen and oxygen atoms in total. The van der Waals surface area contributed by atoms with Gasteiger partial charge in [0.25, 0.3) is 0 Å². The second kappa shape index (κ2) is 4.33. The first-order chi connectivity index (χ1) is 7.61. The minimum atomic E-state index is -2.49. The third kappa shape index (κ3) is 2.47. The zero-order chi connectivity index (χ0) is 11.6. The molecule has 1 heterocycles. The number of hydrogen-bond acceptors (Lipinski definition) is 3. The van der Waals surface area contributed by atoms with E-state index in [1.54, 1.807) is 12.3 Å². The second-order valence-corrected chi connectivity index (χ2v) is 4.11. The van der Waals surface area contributed by atoms with E-state index in [2.05, 4.69) is 4.98 Å². The first kappa shape index (κ1) is 11.3. The summed E-state index contributed by atoms with van der Waals surface area (Å²) in [6.07, 6.45) is 1.43. The van der Waals surface area contributed by atoms with Crippen molar-refractivity contribution in [2.24, 2.45) is 11.7 Å². The van der Waals surface area contributed by atoms with Gasteiger partial charge in [-0.1, -0.05) is 6.07 Å². The van der Waals surface area contributed by atoms with Crippen LogP contribution in [-0.2, 0) is 6.54 Å². The highest BCUT2D eigenvalue weighted by Crippen LogP contribution is 2.42. The Balaban J connectivity index is 1.86. The summed E-state index contributed by atoms with van der Waals surface area (Å²) in [4.78, 5) is 4.03. The molecule has 1 aliphatic carbocycles. The van der Waals surface area contributed by atoms with Gasteiger partial charge < -0.3 is 10.5 Å². The maximum absolute atomic E-state index is 12.6. The summed E-state index contributed by atoms with van der Waals surface area (Å²) in [6.45, 7) is 0.629. The van der Waals surface area contributed by atoms with E-state index in [0.29, 0.717) is 19.0 Å². The fraction of sp³-hybridized carbons (Fsp3) is 0.545. The maximum atomic E-state index is 12.6. The van der Waals surface area contributed by atoms with Gasteiger partial charge in [-0.05, 0) is 6.07 Å². The number of ether oxygens (including phenoxy) is 1. The average molecular weight is 228 g/mol. The van der Waals surface area contributed by atoms with Crippen LogP contribution in [0.2, 0.25) is 0 Å². The van der Waals surface area contributed by atoms with Crippen molar-refractivity contribution in [2.75, 3.05) is 6.61 Å². The van der Waals surface area contributed by atoms with Gasteiger partial charge in [0.15, 0.2) is 0 Å². The van der Waals surface area contributed by atoms with Gasteiger partial charge in [-0.15, -0.1) is 0 Å². The van der Waals surface area contributed by atoms with Crippen LogP contribution < -0.4 is 10.5 Å². The molecule has 0 radical (unpaired) electrons. The zero-order valence-corrected chi connectivity index (χ0v) is 8.83. The summed E-state index contributed by atoms with van der Waals surface area (Å²) >= 11 is 0. The second-order valence-electron chi connectivity index (χ2n) is 4.11. The van der Waals surface area contributed by atoms with Crippen molar-refractivity contribution < 1.29 is 13.5 Å². The van der Waals surface area contributed by atoms with E-state index in [4.69, 9.17) is 10.5 Å². The van der Waals surface area contributed by atoms with E-state index >= 15 is 0 Å². The van der Waals surface area contributed by atoms with Crippen LogP contribution in [-0.4, -0.2) is 17.5 Å². The molecule has 1 aromatic heterocycles. The van der Waals surface area contributed by atoms with Crippen molar-refractivity contribution in [1.82, 2.24) is 4.98 Å². The Morgan fingerprint density at radius 3 is 2.88 bits per heavy atom. The number of hydrogen-bond donors (Lipinski definition) is 1. The largest absolute Gasteiger partial charge is 0.477 e. The summed E-state index contributed by atoms with van der Waals surface area (Å²) in [6, 6.07) is 3.59. The molecule has 2 rings (SSSR count). The van der Waals surface area contributed by atoms with E-state index < -0.39 is 5.92 Å². The minimum absolute atomic E-state index is 0.0670. The highest BCUT2D eigenvalue weighted by Gasteiger charge is 2.45. The molecule has 0 amide bonds. The van der Waals surface area contributed by atoms with Crippen molar-refractivity contribution in [3.8, 4) is 5.88 Å². The smallest absolute Gasteiger partial charge is 0.248 e. The number of halogens is 2. The predicted molar refractivity (Wildman–Crippen MR) is 55.3 cm³/mol. The van der Waals surface area contributed by atoms with Gasteiger partial charge in [0.2, 0.25) is 11.8 Å². The molecule has 2 N–H and O–H groups in total. The summed E-state index contributed by atoms with van der Waals surface area (Å²) in [5.74, 6) is -2.10. The van der Waals surface area contributed by atoms with E-state index in [9.17, 15) is 8.78 Å². The van der Waals surface area contributed by atoms with Crippen LogP contribution in [0.5, 0.6) is 5.88 Å². The van der Waals surface area contributed by atoms with Crippen molar-refractivity contribution in [3.05, 3.63) is 23.9 Å². The normalized spacial score (nSPS) is 19.2. The third-order valence-corrected chi connectivity index (χ3v) is 2.70. The molecule has 1 saturated carbocycles. The number of pyridine rings is 1. The lowest BCUT2D eigenvalue weighted by Crippen LogP contribution is -2.38. The third-order valence-electron chi connectivity index (χ3n) is 2.70. The van der Waals surface area contributed by atoms with Gasteiger partial charge >= 0.3 is 0 Å². The molecule has 1 aromatic rings. The summed E-state index contributed by atoms with van der Waals surface area (Å²) in [7, 11) is 0. The topological polar surface area (TPSA) is 48.1 Å². The molecule has 0 aromatic carbocycles. The highest BCUT2D eigenvalue weighted by molar-refractivity contribution is 5.24. The van der Waals surface area contributed by atoms with Gasteiger partial charge in [0.05, 0.1) is 6.61 Å². The van der Waals surface area contributed by atoms with Crippen molar-refractivity contribution in [1.29, 1.82) is 0 Å². The number of aromatic nitrogens is 1. The molecule has 0 bridgehead atoms. The molecule has 1 aliphatic rings. The zero-order valence-electron chi connectivity index (χ0n) is 8.83. The van der Waals surface area contributed by atoms with Crippen LogP contribution in [0.1, 0.15) is 18.4 Å². The molecule has 5 heteroatoms. The van der Waals surface area contributed by atoms with E-state index in [1.807, 2.05) is 6.07 Å². The quantitative estimate of drug-likeness (QED) is 0.857. The van der Waals surface area contributed by atoms with Crippen molar-refractivity contribution in [2.45, 2.75) is 25.3 Å².